The predicted octanol–water partition coefficient (Wildman–Crippen LogP) is 4.49. The zero-order valence-electron chi connectivity index (χ0n) is 10.6. The van der Waals surface area contributed by atoms with Gasteiger partial charge in [-0.05, 0) is 36.8 Å². The van der Waals surface area contributed by atoms with Crippen LogP contribution in [-0.4, -0.2) is 6.09 Å². The van der Waals surface area contributed by atoms with Crippen molar-refractivity contribution < 1.29 is 9.53 Å². The van der Waals surface area contributed by atoms with Crippen molar-refractivity contribution in [1.82, 2.24) is 0 Å². The van der Waals surface area contributed by atoms with E-state index in [1.54, 1.807) is 30.3 Å². The van der Waals surface area contributed by atoms with Gasteiger partial charge in [0.2, 0.25) is 0 Å². The van der Waals surface area contributed by atoms with Crippen molar-refractivity contribution in [3.63, 3.8) is 0 Å². The summed E-state index contributed by atoms with van der Waals surface area (Å²) in [4.78, 5) is 11.7. The summed E-state index contributed by atoms with van der Waals surface area (Å²) in [7, 11) is 0. The molecule has 2 aromatic carbocycles. The molecule has 0 bridgehead atoms. The molecule has 20 heavy (non-hydrogen) atoms. The van der Waals surface area contributed by atoms with Gasteiger partial charge in [-0.2, -0.15) is 0 Å². The van der Waals surface area contributed by atoms with Gasteiger partial charge in [0.15, 0.2) is 0 Å². The normalized spacial score (nSPS) is 10.2. The lowest BCUT2D eigenvalue weighted by molar-refractivity contribution is 0.215. The molecule has 2 aromatic rings. The molecule has 0 aromatic heterocycles. The second kappa shape index (κ2) is 6.03. The molecule has 0 unspecified atom stereocenters. The smallest absolute Gasteiger partial charge is 0.410 e. The van der Waals surface area contributed by atoms with Crippen LogP contribution >= 0.6 is 23.2 Å². The molecule has 0 atom stereocenters. The van der Waals surface area contributed by atoms with Gasteiger partial charge in [0, 0.05) is 16.8 Å². The summed E-state index contributed by atoms with van der Waals surface area (Å²) in [5, 5.41) is 3.35. The van der Waals surface area contributed by atoms with Crippen molar-refractivity contribution in [2.45, 2.75) is 6.92 Å². The quantitative estimate of drug-likeness (QED) is 0.803. The summed E-state index contributed by atoms with van der Waals surface area (Å²) in [5.41, 5.74) is 7.63. The van der Waals surface area contributed by atoms with Gasteiger partial charge in [0.05, 0.1) is 10.7 Å². The number of nitrogens with one attached hydrogen (secondary N) is 1. The van der Waals surface area contributed by atoms with Crippen molar-refractivity contribution >= 4 is 40.7 Å². The molecule has 3 N–H and O–H groups in total. The van der Waals surface area contributed by atoms with Crippen LogP contribution in [0.15, 0.2) is 36.4 Å². The zero-order chi connectivity index (χ0) is 14.7. The number of hydrogen-bond donors (Lipinski definition) is 2. The summed E-state index contributed by atoms with van der Waals surface area (Å²) in [6, 6.07) is 9.76. The second-order valence-electron chi connectivity index (χ2n) is 4.16. The maximum Gasteiger partial charge on any atom is 0.417 e. The van der Waals surface area contributed by atoms with Crippen LogP contribution in [0.5, 0.6) is 5.75 Å². The summed E-state index contributed by atoms with van der Waals surface area (Å²) < 4.78 is 5.12. The molecule has 2 rings (SSSR count). The molecule has 0 heterocycles. The van der Waals surface area contributed by atoms with E-state index in [-0.39, 0.29) is 0 Å². The van der Waals surface area contributed by atoms with E-state index in [1.165, 1.54) is 6.07 Å². The number of amides is 1. The van der Waals surface area contributed by atoms with Crippen molar-refractivity contribution in [3.8, 4) is 5.75 Å². The molecule has 104 valence electrons. The van der Waals surface area contributed by atoms with E-state index in [1.807, 2.05) is 6.92 Å². The Balaban J connectivity index is 2.07. The Hall–Kier alpha value is -1.91. The molecule has 0 aliphatic carbocycles. The summed E-state index contributed by atoms with van der Waals surface area (Å²) >= 11 is 11.7. The molecule has 0 saturated carbocycles. The maximum atomic E-state index is 11.7. The molecule has 0 fully saturated rings. The van der Waals surface area contributed by atoms with Gasteiger partial charge >= 0.3 is 6.09 Å². The second-order valence-corrected chi connectivity index (χ2v) is 5.00. The van der Waals surface area contributed by atoms with Crippen LogP contribution in [-0.2, 0) is 0 Å². The number of aryl methyl sites for hydroxylation is 1. The number of hydrogen-bond acceptors (Lipinski definition) is 3. The summed E-state index contributed by atoms with van der Waals surface area (Å²) in [6.45, 7) is 1.87. The van der Waals surface area contributed by atoms with Crippen LogP contribution in [0.4, 0.5) is 16.2 Å². The van der Waals surface area contributed by atoms with Crippen molar-refractivity contribution in [1.29, 1.82) is 0 Å². The number of rotatable bonds is 2. The van der Waals surface area contributed by atoms with Crippen molar-refractivity contribution in [2.24, 2.45) is 0 Å². The minimum absolute atomic E-state index is 0.331. The number of carbonyl (C=O) groups is 1. The third-order valence-corrected chi connectivity index (χ3v) is 3.18. The topological polar surface area (TPSA) is 64.3 Å². The number of benzene rings is 2. The first-order valence-electron chi connectivity index (χ1n) is 5.76. The number of nitrogen functional groups attached to an aromatic ring is 1. The highest BCUT2D eigenvalue weighted by molar-refractivity contribution is 6.36. The van der Waals surface area contributed by atoms with Crippen LogP contribution in [0.25, 0.3) is 0 Å². The van der Waals surface area contributed by atoms with Gasteiger partial charge < -0.3 is 10.5 Å². The average molecular weight is 311 g/mol. The lowest BCUT2D eigenvalue weighted by atomic mass is 10.2. The minimum Gasteiger partial charge on any atom is -0.410 e. The van der Waals surface area contributed by atoms with Gasteiger partial charge in [-0.3, -0.25) is 5.32 Å². The Bertz CT molecular complexity index is 660. The molecule has 0 radical (unpaired) electrons. The van der Waals surface area contributed by atoms with E-state index in [0.717, 1.165) is 5.56 Å². The Labute approximate surface area is 126 Å². The highest BCUT2D eigenvalue weighted by atomic mass is 35.5. The first-order valence-corrected chi connectivity index (χ1v) is 6.51. The van der Waals surface area contributed by atoms with Crippen LogP contribution in [0, 0.1) is 6.92 Å². The number of ether oxygens (including phenoxy) is 1. The fraction of sp³-hybridized carbons (Fsp3) is 0.0714. The molecule has 0 aliphatic rings. The fourth-order valence-electron chi connectivity index (χ4n) is 1.52. The number of carbonyl (C=O) groups excluding carboxylic acids is 1. The average Bonchev–Trinajstić information content (AvgIpc) is 2.37. The summed E-state index contributed by atoms with van der Waals surface area (Å²) in [5.74, 6) is 0.357. The Morgan fingerprint density at radius 3 is 2.60 bits per heavy atom. The van der Waals surface area contributed by atoms with Gasteiger partial charge in [-0.25, -0.2) is 4.79 Å². The maximum absolute atomic E-state index is 11.7. The largest absolute Gasteiger partial charge is 0.417 e. The van der Waals surface area contributed by atoms with Crippen LogP contribution in [0.3, 0.4) is 0 Å². The van der Waals surface area contributed by atoms with E-state index in [4.69, 9.17) is 33.7 Å². The number of nitrogens with two attached hydrogens (primary N) is 1. The lowest BCUT2D eigenvalue weighted by Crippen LogP contribution is -2.17. The lowest BCUT2D eigenvalue weighted by Gasteiger charge is -2.09. The van der Waals surface area contributed by atoms with Crippen LogP contribution in [0.2, 0.25) is 10.0 Å². The Morgan fingerprint density at radius 1 is 1.20 bits per heavy atom. The number of halogens is 2. The Morgan fingerprint density at radius 2 is 1.95 bits per heavy atom. The van der Waals surface area contributed by atoms with Gasteiger partial charge in [0.25, 0.3) is 0 Å². The molecule has 0 spiro atoms. The van der Waals surface area contributed by atoms with E-state index >= 15 is 0 Å². The molecule has 0 saturated heterocycles. The van der Waals surface area contributed by atoms with Crippen LogP contribution < -0.4 is 15.8 Å². The molecule has 4 nitrogen and oxygen atoms in total. The minimum atomic E-state index is -0.655. The third-order valence-electron chi connectivity index (χ3n) is 2.63. The molecular formula is C14H12Cl2N2O2. The molecule has 1 amide bonds. The monoisotopic (exact) mass is 310 g/mol. The Kier molecular flexibility index (Phi) is 4.37. The first kappa shape index (κ1) is 14.5. The van der Waals surface area contributed by atoms with E-state index in [0.29, 0.717) is 27.2 Å². The van der Waals surface area contributed by atoms with Crippen molar-refractivity contribution in [3.05, 3.63) is 52.0 Å². The van der Waals surface area contributed by atoms with E-state index in [2.05, 4.69) is 5.32 Å². The zero-order valence-corrected chi connectivity index (χ0v) is 12.1. The van der Waals surface area contributed by atoms with E-state index < -0.39 is 6.09 Å². The number of anilines is 2. The van der Waals surface area contributed by atoms with Gasteiger partial charge in [0.1, 0.15) is 5.75 Å². The van der Waals surface area contributed by atoms with Gasteiger partial charge in [-0.1, -0.05) is 29.3 Å². The summed E-state index contributed by atoms with van der Waals surface area (Å²) in [6.07, 6.45) is -0.655. The highest BCUT2D eigenvalue weighted by Gasteiger charge is 2.09. The highest BCUT2D eigenvalue weighted by Crippen LogP contribution is 2.26. The molecule has 6 heteroatoms. The van der Waals surface area contributed by atoms with Crippen LogP contribution in [0.1, 0.15) is 5.56 Å². The SMILES string of the molecule is Cc1ccc(OC(=O)Nc2ccc(Cl)cc2Cl)cc1N. The van der Waals surface area contributed by atoms with Gasteiger partial charge in [-0.15, -0.1) is 0 Å². The fourth-order valence-corrected chi connectivity index (χ4v) is 1.97. The third kappa shape index (κ3) is 3.56. The van der Waals surface area contributed by atoms with E-state index in [9.17, 15) is 4.79 Å². The van der Waals surface area contributed by atoms with Crippen molar-refractivity contribution in [2.75, 3.05) is 11.1 Å². The molecule has 0 aliphatic heterocycles. The predicted molar refractivity (Wildman–Crippen MR) is 81.7 cm³/mol. The first-order chi connectivity index (χ1) is 9.45. The standard InChI is InChI=1S/C14H12Cl2N2O2/c1-8-2-4-10(7-12(8)17)20-14(19)18-13-5-3-9(15)6-11(13)16/h2-7H,17H2,1H3,(H,18,19). The molecular weight excluding hydrogens is 299 g/mol.